The van der Waals surface area contributed by atoms with Crippen molar-refractivity contribution in [3.8, 4) is 6.07 Å². The Morgan fingerprint density at radius 2 is 2.54 bits per heavy atom. The van der Waals surface area contributed by atoms with Gasteiger partial charge >= 0.3 is 0 Å². The minimum absolute atomic E-state index is 0.0704. The zero-order valence-electron chi connectivity index (χ0n) is 7.53. The van der Waals surface area contributed by atoms with Crippen LogP contribution in [-0.4, -0.2) is 29.2 Å². The van der Waals surface area contributed by atoms with Gasteiger partial charge in [-0.05, 0) is 7.05 Å². The van der Waals surface area contributed by atoms with E-state index in [-0.39, 0.29) is 18.0 Å². The lowest BCUT2D eigenvalue weighted by molar-refractivity contribution is 0.0984. The first-order valence-electron chi connectivity index (χ1n) is 3.81. The summed E-state index contributed by atoms with van der Waals surface area (Å²) in [5.74, 6) is -0.0704. The summed E-state index contributed by atoms with van der Waals surface area (Å²) in [6.07, 6.45) is 0. The van der Waals surface area contributed by atoms with Crippen molar-refractivity contribution in [3.63, 3.8) is 0 Å². The van der Waals surface area contributed by atoms with Crippen LogP contribution in [-0.2, 0) is 7.05 Å². The highest BCUT2D eigenvalue weighted by Gasteiger charge is 2.11. The standard InChI is InChI=1S/C8H10N4O/c1-10-5-8(13)7-3-6(4-9)11-12(7)2/h3,10H,5H2,1-2H3. The molecule has 0 saturated carbocycles. The van der Waals surface area contributed by atoms with Crippen molar-refractivity contribution < 1.29 is 4.79 Å². The van der Waals surface area contributed by atoms with Crippen molar-refractivity contribution in [1.29, 1.82) is 5.26 Å². The highest BCUT2D eigenvalue weighted by atomic mass is 16.1. The van der Waals surface area contributed by atoms with Crippen LogP contribution in [0.4, 0.5) is 0 Å². The van der Waals surface area contributed by atoms with Crippen molar-refractivity contribution in [2.45, 2.75) is 0 Å². The van der Waals surface area contributed by atoms with E-state index in [0.29, 0.717) is 5.69 Å². The van der Waals surface area contributed by atoms with Crippen molar-refractivity contribution >= 4 is 5.78 Å². The van der Waals surface area contributed by atoms with Crippen molar-refractivity contribution in [2.24, 2.45) is 7.05 Å². The Balaban J connectivity index is 2.95. The molecule has 5 heteroatoms. The number of carbonyl (C=O) groups excluding carboxylic acids is 1. The molecule has 0 aliphatic rings. The predicted octanol–water partition coefficient (Wildman–Crippen LogP) is -0.306. The molecule has 0 spiro atoms. The van der Waals surface area contributed by atoms with Gasteiger partial charge in [0.2, 0.25) is 0 Å². The SMILES string of the molecule is CNCC(=O)c1cc(C#N)nn1C. The van der Waals surface area contributed by atoms with Gasteiger partial charge in [-0.3, -0.25) is 9.48 Å². The van der Waals surface area contributed by atoms with Gasteiger partial charge in [0, 0.05) is 13.1 Å². The molecular formula is C8H10N4O. The third kappa shape index (κ3) is 1.92. The number of ketones is 1. The van der Waals surface area contributed by atoms with Gasteiger partial charge in [0.25, 0.3) is 0 Å². The van der Waals surface area contributed by atoms with Gasteiger partial charge in [0.15, 0.2) is 11.5 Å². The topological polar surface area (TPSA) is 70.7 Å². The molecule has 0 amide bonds. The minimum Gasteiger partial charge on any atom is -0.313 e. The van der Waals surface area contributed by atoms with E-state index in [4.69, 9.17) is 5.26 Å². The van der Waals surface area contributed by atoms with E-state index in [1.807, 2.05) is 6.07 Å². The Morgan fingerprint density at radius 1 is 1.85 bits per heavy atom. The summed E-state index contributed by atoms with van der Waals surface area (Å²) < 4.78 is 1.41. The van der Waals surface area contributed by atoms with E-state index in [2.05, 4.69) is 10.4 Å². The van der Waals surface area contributed by atoms with Crippen molar-refractivity contribution in [2.75, 3.05) is 13.6 Å². The van der Waals surface area contributed by atoms with Crippen LogP contribution in [0.2, 0.25) is 0 Å². The Labute approximate surface area is 76.0 Å². The molecule has 13 heavy (non-hydrogen) atoms. The van der Waals surface area contributed by atoms with Crippen LogP contribution in [0.25, 0.3) is 0 Å². The van der Waals surface area contributed by atoms with E-state index >= 15 is 0 Å². The molecule has 1 N–H and O–H groups in total. The third-order valence-electron chi connectivity index (χ3n) is 1.62. The first-order chi connectivity index (χ1) is 6.19. The highest BCUT2D eigenvalue weighted by molar-refractivity contribution is 5.96. The maximum atomic E-state index is 11.4. The van der Waals surface area contributed by atoms with Gasteiger partial charge < -0.3 is 5.32 Å². The molecule has 1 aromatic heterocycles. The van der Waals surface area contributed by atoms with Crippen LogP contribution in [0.3, 0.4) is 0 Å². The second-order valence-corrected chi connectivity index (χ2v) is 2.60. The molecule has 0 bridgehead atoms. The monoisotopic (exact) mass is 178 g/mol. The highest BCUT2D eigenvalue weighted by Crippen LogP contribution is 2.02. The zero-order valence-corrected chi connectivity index (χ0v) is 7.53. The Morgan fingerprint density at radius 3 is 3.00 bits per heavy atom. The van der Waals surface area contributed by atoms with Gasteiger partial charge in [-0.25, -0.2) is 0 Å². The van der Waals surface area contributed by atoms with E-state index in [1.165, 1.54) is 10.7 Å². The van der Waals surface area contributed by atoms with Crippen LogP contribution in [0.15, 0.2) is 6.07 Å². The molecule has 0 unspecified atom stereocenters. The zero-order chi connectivity index (χ0) is 9.84. The van der Waals surface area contributed by atoms with Crippen LogP contribution in [0, 0.1) is 11.3 Å². The van der Waals surface area contributed by atoms with E-state index < -0.39 is 0 Å². The fourth-order valence-electron chi connectivity index (χ4n) is 1.03. The normalized spacial score (nSPS) is 9.62. The Hall–Kier alpha value is -1.67. The lowest BCUT2D eigenvalue weighted by Crippen LogP contribution is -2.20. The van der Waals surface area contributed by atoms with E-state index in [0.717, 1.165) is 0 Å². The fourth-order valence-corrected chi connectivity index (χ4v) is 1.03. The molecule has 1 aromatic rings. The molecule has 5 nitrogen and oxygen atoms in total. The fraction of sp³-hybridized carbons (Fsp3) is 0.375. The number of rotatable bonds is 3. The summed E-state index contributed by atoms with van der Waals surface area (Å²) in [4.78, 5) is 11.4. The van der Waals surface area contributed by atoms with Crippen LogP contribution in [0.1, 0.15) is 16.2 Å². The van der Waals surface area contributed by atoms with Crippen molar-refractivity contribution in [3.05, 3.63) is 17.5 Å². The van der Waals surface area contributed by atoms with Gasteiger partial charge in [0.05, 0.1) is 6.54 Å². The maximum absolute atomic E-state index is 11.4. The minimum atomic E-state index is -0.0704. The summed E-state index contributed by atoms with van der Waals surface area (Å²) in [5, 5.41) is 15.1. The second-order valence-electron chi connectivity index (χ2n) is 2.60. The van der Waals surface area contributed by atoms with Crippen LogP contribution >= 0.6 is 0 Å². The predicted molar refractivity (Wildman–Crippen MR) is 46.2 cm³/mol. The lowest BCUT2D eigenvalue weighted by Gasteiger charge is -1.98. The number of aryl methyl sites for hydroxylation is 1. The number of likely N-dealkylation sites (N-methyl/N-ethyl adjacent to an activating group) is 1. The Kier molecular flexibility index (Phi) is 2.77. The van der Waals surface area contributed by atoms with Gasteiger partial charge in [0.1, 0.15) is 11.8 Å². The van der Waals surface area contributed by atoms with E-state index in [9.17, 15) is 4.79 Å². The molecular weight excluding hydrogens is 168 g/mol. The van der Waals surface area contributed by atoms with Gasteiger partial charge in [-0.2, -0.15) is 10.4 Å². The summed E-state index contributed by atoms with van der Waals surface area (Å²) >= 11 is 0. The second kappa shape index (κ2) is 3.83. The molecule has 1 heterocycles. The number of aromatic nitrogens is 2. The number of nitrogens with one attached hydrogen (secondary N) is 1. The molecule has 0 radical (unpaired) electrons. The lowest BCUT2D eigenvalue weighted by atomic mass is 10.2. The smallest absolute Gasteiger partial charge is 0.194 e. The molecule has 0 aliphatic heterocycles. The Bertz CT molecular complexity index is 361. The van der Waals surface area contributed by atoms with Gasteiger partial charge in [-0.1, -0.05) is 0 Å². The maximum Gasteiger partial charge on any atom is 0.194 e. The summed E-state index contributed by atoms with van der Waals surface area (Å²) in [6, 6.07) is 3.37. The summed E-state index contributed by atoms with van der Waals surface area (Å²) in [6.45, 7) is 0.254. The number of carbonyl (C=O) groups is 1. The largest absolute Gasteiger partial charge is 0.313 e. The number of hydrogen-bond acceptors (Lipinski definition) is 4. The quantitative estimate of drug-likeness (QED) is 0.645. The number of Topliss-reactive ketones (excluding diaryl/α,β-unsaturated/α-hetero) is 1. The first-order valence-corrected chi connectivity index (χ1v) is 3.81. The molecule has 1 rings (SSSR count). The molecule has 68 valence electrons. The van der Waals surface area contributed by atoms with E-state index in [1.54, 1.807) is 14.1 Å². The van der Waals surface area contributed by atoms with Crippen LogP contribution < -0.4 is 5.32 Å². The molecule has 0 aliphatic carbocycles. The average molecular weight is 178 g/mol. The van der Waals surface area contributed by atoms with Crippen molar-refractivity contribution in [1.82, 2.24) is 15.1 Å². The third-order valence-corrected chi connectivity index (χ3v) is 1.62. The van der Waals surface area contributed by atoms with Crippen LogP contribution in [0.5, 0.6) is 0 Å². The first kappa shape index (κ1) is 9.42. The average Bonchev–Trinajstić information content (AvgIpc) is 2.47. The summed E-state index contributed by atoms with van der Waals surface area (Å²) in [5.41, 5.74) is 0.716. The number of nitrogens with zero attached hydrogens (tertiary/aromatic N) is 3. The molecule has 0 aromatic carbocycles. The molecule has 0 saturated heterocycles. The summed E-state index contributed by atoms with van der Waals surface area (Å²) in [7, 11) is 3.34. The molecule has 0 atom stereocenters. The van der Waals surface area contributed by atoms with Gasteiger partial charge in [-0.15, -0.1) is 0 Å². The molecule has 0 fully saturated rings. The number of hydrogen-bond donors (Lipinski definition) is 1. The number of nitriles is 1.